The Balaban J connectivity index is 1.63. The molecule has 2 aromatic carbocycles. The molecule has 3 aromatic rings. The number of hydrogen-bond donors (Lipinski definition) is 1. The van der Waals surface area contributed by atoms with Gasteiger partial charge >= 0.3 is 11.1 Å². The summed E-state index contributed by atoms with van der Waals surface area (Å²) < 4.78 is 2.24. The van der Waals surface area contributed by atoms with Gasteiger partial charge in [-0.05, 0) is 37.3 Å². The van der Waals surface area contributed by atoms with Gasteiger partial charge in [0.15, 0.2) is 0 Å². The van der Waals surface area contributed by atoms with Gasteiger partial charge in [0, 0.05) is 29.5 Å². The summed E-state index contributed by atoms with van der Waals surface area (Å²) >= 11 is 5.91. The third kappa shape index (κ3) is 3.79. The van der Waals surface area contributed by atoms with Crippen LogP contribution in [-0.4, -0.2) is 26.8 Å². The van der Waals surface area contributed by atoms with Gasteiger partial charge in [0.2, 0.25) is 11.9 Å². The van der Waals surface area contributed by atoms with E-state index in [1.165, 1.54) is 4.57 Å². The molecule has 0 saturated heterocycles. The lowest BCUT2D eigenvalue weighted by Crippen LogP contribution is -2.44. The largest absolute Gasteiger partial charge is 0.333 e. The summed E-state index contributed by atoms with van der Waals surface area (Å²) in [6.45, 7) is 2.49. The Kier molecular flexibility index (Phi) is 4.94. The zero-order valence-corrected chi connectivity index (χ0v) is 16.4. The van der Waals surface area contributed by atoms with Crippen molar-refractivity contribution < 1.29 is 4.79 Å². The van der Waals surface area contributed by atoms with E-state index in [1.54, 1.807) is 24.3 Å². The number of carbonyl (C=O) groups is 1. The van der Waals surface area contributed by atoms with Crippen molar-refractivity contribution >= 4 is 34.8 Å². The van der Waals surface area contributed by atoms with E-state index in [0.29, 0.717) is 29.7 Å². The standard InChI is InChI=1S/C20H18ClN5O3/c1-13-5-7-16(8-6-13)24-9-10-25-18(28)19(29)26(23-20(24)25)12-17(27)22-15-4-2-3-14(21)11-15/h2-8,11H,9-10,12H2,1H3,(H,22,27). The first kappa shape index (κ1) is 18.9. The fraction of sp³-hybridized carbons (Fsp3) is 0.200. The van der Waals surface area contributed by atoms with Crippen LogP contribution in [0.3, 0.4) is 0 Å². The zero-order valence-electron chi connectivity index (χ0n) is 15.6. The van der Waals surface area contributed by atoms with E-state index in [1.807, 2.05) is 36.1 Å². The van der Waals surface area contributed by atoms with Gasteiger partial charge in [-0.2, -0.15) is 0 Å². The molecular weight excluding hydrogens is 394 g/mol. The summed E-state index contributed by atoms with van der Waals surface area (Å²) in [4.78, 5) is 39.1. The smallest absolute Gasteiger partial charge is 0.324 e. The van der Waals surface area contributed by atoms with Crippen LogP contribution in [0.1, 0.15) is 5.56 Å². The Morgan fingerprint density at radius 2 is 1.86 bits per heavy atom. The summed E-state index contributed by atoms with van der Waals surface area (Å²) in [5.41, 5.74) is 0.943. The number of hydrogen-bond acceptors (Lipinski definition) is 5. The molecule has 1 N–H and O–H groups in total. The Morgan fingerprint density at radius 3 is 2.59 bits per heavy atom. The number of aryl methyl sites for hydroxylation is 1. The zero-order chi connectivity index (χ0) is 20.5. The molecule has 148 valence electrons. The summed E-state index contributed by atoms with van der Waals surface area (Å²) in [5.74, 6) is -0.139. The van der Waals surface area contributed by atoms with Crippen molar-refractivity contribution in [2.75, 3.05) is 16.8 Å². The molecule has 1 aromatic heterocycles. The highest BCUT2D eigenvalue weighted by molar-refractivity contribution is 6.30. The van der Waals surface area contributed by atoms with Crippen molar-refractivity contribution in [2.24, 2.45) is 0 Å². The third-order valence-corrected chi connectivity index (χ3v) is 4.89. The number of rotatable bonds is 4. The van der Waals surface area contributed by atoms with Gasteiger partial charge in [-0.1, -0.05) is 35.4 Å². The maximum absolute atomic E-state index is 12.5. The molecule has 0 radical (unpaired) electrons. The van der Waals surface area contributed by atoms with E-state index >= 15 is 0 Å². The lowest BCUT2D eigenvalue weighted by atomic mass is 10.2. The Bertz CT molecular complexity index is 1200. The van der Waals surface area contributed by atoms with E-state index in [4.69, 9.17) is 11.6 Å². The quantitative estimate of drug-likeness (QED) is 0.664. The average molecular weight is 412 g/mol. The molecule has 2 heterocycles. The topological polar surface area (TPSA) is 89.2 Å². The molecule has 29 heavy (non-hydrogen) atoms. The minimum atomic E-state index is -0.833. The molecule has 1 amide bonds. The summed E-state index contributed by atoms with van der Waals surface area (Å²) in [5, 5.41) is 7.42. The summed E-state index contributed by atoms with van der Waals surface area (Å²) in [7, 11) is 0. The molecule has 4 rings (SSSR count). The van der Waals surface area contributed by atoms with Gasteiger partial charge in [0.1, 0.15) is 6.54 Å². The number of amides is 1. The minimum absolute atomic E-state index is 0.342. The molecule has 0 spiro atoms. The van der Waals surface area contributed by atoms with Crippen LogP contribution in [0.4, 0.5) is 17.3 Å². The highest BCUT2D eigenvalue weighted by Gasteiger charge is 2.26. The average Bonchev–Trinajstić information content (AvgIpc) is 3.10. The molecule has 0 atom stereocenters. The molecule has 0 aliphatic carbocycles. The van der Waals surface area contributed by atoms with E-state index in [2.05, 4.69) is 10.4 Å². The number of halogens is 1. The molecule has 0 bridgehead atoms. The van der Waals surface area contributed by atoms with E-state index in [9.17, 15) is 14.4 Å². The van der Waals surface area contributed by atoms with Crippen LogP contribution in [0.5, 0.6) is 0 Å². The molecule has 9 heteroatoms. The van der Waals surface area contributed by atoms with Gasteiger partial charge < -0.3 is 10.2 Å². The van der Waals surface area contributed by atoms with Crippen LogP contribution >= 0.6 is 11.6 Å². The molecule has 1 aliphatic rings. The highest BCUT2D eigenvalue weighted by atomic mass is 35.5. The second-order valence-electron chi connectivity index (χ2n) is 6.77. The van der Waals surface area contributed by atoms with Gasteiger partial charge in [-0.25, -0.2) is 4.68 Å². The molecule has 0 saturated carbocycles. The van der Waals surface area contributed by atoms with Crippen molar-refractivity contribution in [1.29, 1.82) is 0 Å². The van der Waals surface area contributed by atoms with Gasteiger partial charge in [0.25, 0.3) is 0 Å². The Hall–Kier alpha value is -3.39. The lowest BCUT2D eigenvalue weighted by molar-refractivity contribution is -0.117. The number of aromatic nitrogens is 3. The summed E-state index contributed by atoms with van der Waals surface area (Å²) in [6.07, 6.45) is 0. The lowest BCUT2D eigenvalue weighted by Gasteiger charge is -2.18. The van der Waals surface area contributed by atoms with Crippen molar-refractivity contribution in [3.05, 3.63) is 79.8 Å². The van der Waals surface area contributed by atoms with Crippen LogP contribution < -0.4 is 21.3 Å². The van der Waals surface area contributed by atoms with Gasteiger partial charge in [-0.3, -0.25) is 19.0 Å². The van der Waals surface area contributed by atoms with E-state index in [-0.39, 0.29) is 6.54 Å². The van der Waals surface area contributed by atoms with Crippen molar-refractivity contribution in [3.63, 3.8) is 0 Å². The van der Waals surface area contributed by atoms with Crippen LogP contribution in [0.25, 0.3) is 0 Å². The monoisotopic (exact) mass is 411 g/mol. The molecular formula is C20H18ClN5O3. The van der Waals surface area contributed by atoms with Gasteiger partial charge in [0.05, 0.1) is 0 Å². The van der Waals surface area contributed by atoms with Crippen molar-refractivity contribution in [2.45, 2.75) is 20.0 Å². The van der Waals surface area contributed by atoms with Crippen LogP contribution in [0.15, 0.2) is 58.1 Å². The first-order chi connectivity index (χ1) is 13.9. The van der Waals surface area contributed by atoms with Crippen LogP contribution in [0.2, 0.25) is 5.02 Å². The number of nitrogens with one attached hydrogen (secondary N) is 1. The second-order valence-corrected chi connectivity index (χ2v) is 7.20. The van der Waals surface area contributed by atoms with Crippen LogP contribution in [0, 0.1) is 6.92 Å². The number of fused-ring (bicyclic) bond motifs is 1. The normalized spacial score (nSPS) is 12.7. The Labute approximate surface area is 171 Å². The first-order valence-electron chi connectivity index (χ1n) is 9.04. The van der Waals surface area contributed by atoms with E-state index in [0.717, 1.165) is 15.9 Å². The molecule has 0 fully saturated rings. The van der Waals surface area contributed by atoms with E-state index < -0.39 is 17.0 Å². The molecule has 8 nitrogen and oxygen atoms in total. The maximum atomic E-state index is 12.5. The first-order valence-corrected chi connectivity index (χ1v) is 9.42. The molecule has 1 aliphatic heterocycles. The fourth-order valence-electron chi connectivity index (χ4n) is 3.20. The number of anilines is 3. The number of nitrogens with zero attached hydrogens (tertiary/aromatic N) is 4. The minimum Gasteiger partial charge on any atom is -0.324 e. The predicted octanol–water partition coefficient (Wildman–Crippen LogP) is 2.16. The van der Waals surface area contributed by atoms with Crippen LogP contribution in [-0.2, 0) is 17.9 Å². The maximum Gasteiger partial charge on any atom is 0.333 e. The Morgan fingerprint density at radius 1 is 1.10 bits per heavy atom. The second kappa shape index (κ2) is 7.56. The highest BCUT2D eigenvalue weighted by Crippen LogP contribution is 2.26. The predicted molar refractivity (Wildman–Crippen MR) is 111 cm³/mol. The fourth-order valence-corrected chi connectivity index (χ4v) is 3.39. The summed E-state index contributed by atoms with van der Waals surface area (Å²) in [6, 6.07) is 14.4. The number of benzene rings is 2. The number of carbonyl (C=O) groups excluding carboxylic acids is 1. The molecule has 0 unspecified atom stereocenters. The third-order valence-electron chi connectivity index (χ3n) is 4.65. The van der Waals surface area contributed by atoms with Gasteiger partial charge in [-0.15, -0.1) is 5.10 Å². The van der Waals surface area contributed by atoms with Crippen molar-refractivity contribution in [3.8, 4) is 0 Å². The SMILES string of the molecule is Cc1ccc(N2CCn3c2nn(CC(=O)Nc2cccc(Cl)c2)c(=O)c3=O)cc1. The van der Waals surface area contributed by atoms with Crippen molar-refractivity contribution in [1.82, 2.24) is 14.3 Å².